The van der Waals surface area contributed by atoms with Crippen LogP contribution in [0.3, 0.4) is 0 Å². The van der Waals surface area contributed by atoms with Crippen LogP contribution in [0.4, 0.5) is 11.4 Å². The highest BCUT2D eigenvalue weighted by Crippen LogP contribution is 2.58. The highest BCUT2D eigenvalue weighted by atomic mass is 16.2. The Bertz CT molecular complexity index is 1390. The maximum atomic E-state index is 14.2. The minimum absolute atomic E-state index is 0.129. The third-order valence-electron chi connectivity index (χ3n) is 7.64. The van der Waals surface area contributed by atoms with Crippen molar-refractivity contribution in [2.24, 2.45) is 5.92 Å². The van der Waals surface area contributed by atoms with Gasteiger partial charge in [-0.25, -0.2) is 0 Å². The number of ketones is 2. The van der Waals surface area contributed by atoms with E-state index >= 15 is 0 Å². The Hall–Kier alpha value is -3.99. The zero-order chi connectivity index (χ0) is 23.6. The molecule has 168 valence electrons. The molecule has 4 atom stereocenters. The highest BCUT2D eigenvalue weighted by molar-refractivity contribution is 6.16. The number of nitrogens with one attached hydrogen (secondary N) is 1. The molecule has 1 amide bonds. The van der Waals surface area contributed by atoms with E-state index in [9.17, 15) is 14.4 Å². The molecule has 1 N–H and O–H groups in total. The molecule has 3 aliphatic rings. The third-order valence-corrected chi connectivity index (χ3v) is 7.64. The van der Waals surface area contributed by atoms with Crippen molar-refractivity contribution in [2.45, 2.75) is 31.3 Å². The van der Waals surface area contributed by atoms with Crippen LogP contribution in [0.5, 0.6) is 0 Å². The van der Waals surface area contributed by atoms with Crippen molar-refractivity contribution in [1.82, 2.24) is 0 Å². The number of nitrogens with zero attached hydrogens (tertiary/aromatic N) is 1. The molecule has 5 heteroatoms. The maximum Gasteiger partial charge on any atom is 0.238 e. The average molecular weight is 449 g/mol. The van der Waals surface area contributed by atoms with Crippen LogP contribution in [0, 0.1) is 5.92 Å². The summed E-state index contributed by atoms with van der Waals surface area (Å²) in [4.78, 5) is 43.6. The van der Waals surface area contributed by atoms with Crippen molar-refractivity contribution in [3.8, 4) is 0 Å². The number of benzene rings is 3. The molecular formula is C29H24N2O3. The Labute approximate surface area is 198 Å². The van der Waals surface area contributed by atoms with Gasteiger partial charge in [-0.15, -0.1) is 0 Å². The number of allylic oxidation sites excluding steroid dienone is 1. The van der Waals surface area contributed by atoms with Gasteiger partial charge in [0.2, 0.25) is 5.91 Å². The Balaban J connectivity index is 1.69. The monoisotopic (exact) mass is 448 g/mol. The van der Waals surface area contributed by atoms with Crippen LogP contribution >= 0.6 is 0 Å². The average Bonchev–Trinajstić information content (AvgIpc) is 3.32. The topological polar surface area (TPSA) is 66.5 Å². The van der Waals surface area contributed by atoms with Gasteiger partial charge in [0.15, 0.2) is 11.6 Å². The molecule has 1 saturated heterocycles. The summed E-state index contributed by atoms with van der Waals surface area (Å²) in [5.74, 6) is -1.43. The molecule has 0 saturated carbocycles. The van der Waals surface area contributed by atoms with Gasteiger partial charge in [0.25, 0.3) is 0 Å². The summed E-state index contributed by atoms with van der Waals surface area (Å²) in [6, 6.07) is 23.2. The summed E-state index contributed by atoms with van der Waals surface area (Å²) >= 11 is 0. The number of Topliss-reactive ketones (excluding diaryl/α,β-unsaturated/α-hetero) is 2. The number of fused-ring (bicyclic) bond motifs is 6. The Morgan fingerprint density at radius 3 is 2.35 bits per heavy atom. The van der Waals surface area contributed by atoms with E-state index in [0.29, 0.717) is 11.3 Å². The lowest BCUT2D eigenvalue weighted by Crippen LogP contribution is -2.51. The van der Waals surface area contributed by atoms with E-state index in [1.165, 1.54) is 6.92 Å². The van der Waals surface area contributed by atoms with Crippen LogP contribution in [-0.2, 0) is 15.0 Å². The predicted molar refractivity (Wildman–Crippen MR) is 132 cm³/mol. The summed E-state index contributed by atoms with van der Waals surface area (Å²) < 4.78 is 0. The molecule has 0 aliphatic carbocycles. The second kappa shape index (κ2) is 7.26. The molecule has 0 aromatic heterocycles. The lowest BCUT2D eigenvalue weighted by molar-refractivity contribution is -0.122. The molecule has 6 rings (SSSR count). The highest BCUT2D eigenvalue weighted by Gasteiger charge is 2.70. The van der Waals surface area contributed by atoms with Gasteiger partial charge in [0, 0.05) is 22.5 Å². The van der Waals surface area contributed by atoms with E-state index in [4.69, 9.17) is 0 Å². The van der Waals surface area contributed by atoms with Gasteiger partial charge in [-0.3, -0.25) is 14.4 Å². The number of amides is 1. The van der Waals surface area contributed by atoms with Gasteiger partial charge in [-0.1, -0.05) is 72.8 Å². The van der Waals surface area contributed by atoms with Crippen LogP contribution < -0.4 is 10.2 Å². The van der Waals surface area contributed by atoms with Crippen LogP contribution in [0.1, 0.15) is 35.3 Å². The summed E-state index contributed by atoms with van der Waals surface area (Å²) in [6.07, 6.45) is 2.07. The maximum absolute atomic E-state index is 14.2. The lowest BCUT2D eigenvalue weighted by atomic mass is 9.64. The lowest BCUT2D eigenvalue weighted by Gasteiger charge is -2.39. The number of carbonyl (C=O) groups is 3. The van der Waals surface area contributed by atoms with E-state index in [1.54, 1.807) is 12.1 Å². The van der Waals surface area contributed by atoms with E-state index in [-0.39, 0.29) is 17.5 Å². The van der Waals surface area contributed by atoms with E-state index in [0.717, 1.165) is 22.4 Å². The molecule has 0 radical (unpaired) electrons. The summed E-state index contributed by atoms with van der Waals surface area (Å²) in [5.41, 5.74) is 3.68. The first-order chi connectivity index (χ1) is 16.5. The first-order valence-electron chi connectivity index (χ1n) is 11.5. The first-order valence-corrected chi connectivity index (χ1v) is 11.5. The minimum atomic E-state index is -1.23. The standard InChI is InChI=1S/C29H24N2O3/c1-17-16-24-29(21-13-7-8-14-22(21)30-28(29)34)25(27(33)19-10-4-3-5-11-19)26(18(2)32)31(24)23-15-9-6-12-20(17)23/h3-16,24-26H,1-2H3,(H,30,34)/t24-,25+,26-,29-/m1/s1. The Kier molecular flexibility index (Phi) is 4.40. The molecule has 3 aromatic rings. The van der Waals surface area contributed by atoms with E-state index in [2.05, 4.69) is 11.4 Å². The molecule has 5 nitrogen and oxygen atoms in total. The Morgan fingerprint density at radius 1 is 0.912 bits per heavy atom. The number of hydrogen-bond donors (Lipinski definition) is 1. The number of rotatable bonds is 3. The van der Waals surface area contributed by atoms with Gasteiger partial charge in [-0.2, -0.15) is 0 Å². The molecule has 34 heavy (non-hydrogen) atoms. The fourth-order valence-corrected chi connectivity index (χ4v) is 6.32. The molecule has 1 fully saturated rings. The SMILES string of the molecule is CC(=O)[C@@H]1[C@@H](C(=O)c2ccccc2)[C@]2(C(=O)Nc3ccccc32)[C@H]2C=C(C)c3ccccc3N12. The van der Waals surface area contributed by atoms with Crippen LogP contribution in [0.2, 0.25) is 0 Å². The van der Waals surface area contributed by atoms with Gasteiger partial charge in [-0.05, 0) is 37.1 Å². The van der Waals surface area contributed by atoms with Gasteiger partial charge in [0.1, 0.15) is 5.41 Å². The molecule has 3 aliphatic heterocycles. The first kappa shape index (κ1) is 20.6. The molecule has 3 aromatic carbocycles. The van der Waals surface area contributed by atoms with Crippen LogP contribution in [0.15, 0.2) is 84.9 Å². The third kappa shape index (κ3) is 2.52. The number of hydrogen-bond acceptors (Lipinski definition) is 4. The van der Waals surface area contributed by atoms with Crippen molar-refractivity contribution in [3.05, 3.63) is 102 Å². The molecule has 1 spiro atoms. The Morgan fingerprint density at radius 2 is 1.59 bits per heavy atom. The zero-order valence-electron chi connectivity index (χ0n) is 19.0. The second-order valence-corrected chi connectivity index (χ2v) is 9.35. The number of carbonyl (C=O) groups excluding carboxylic acids is 3. The summed E-state index contributed by atoms with van der Waals surface area (Å²) in [6.45, 7) is 3.55. The normalized spacial score (nSPS) is 26.4. The second-order valence-electron chi connectivity index (χ2n) is 9.35. The number of anilines is 2. The van der Waals surface area contributed by atoms with Gasteiger partial charge in [0.05, 0.1) is 18.0 Å². The van der Waals surface area contributed by atoms with Gasteiger partial charge >= 0.3 is 0 Å². The van der Waals surface area contributed by atoms with Crippen molar-refractivity contribution >= 4 is 34.4 Å². The summed E-state index contributed by atoms with van der Waals surface area (Å²) in [7, 11) is 0. The van der Waals surface area contributed by atoms with Crippen molar-refractivity contribution < 1.29 is 14.4 Å². The minimum Gasteiger partial charge on any atom is -0.352 e. The van der Waals surface area contributed by atoms with Crippen molar-refractivity contribution in [1.29, 1.82) is 0 Å². The molecular weight excluding hydrogens is 424 g/mol. The number of para-hydroxylation sites is 2. The predicted octanol–water partition coefficient (Wildman–Crippen LogP) is 4.64. The van der Waals surface area contributed by atoms with E-state index < -0.39 is 23.4 Å². The van der Waals surface area contributed by atoms with Crippen LogP contribution in [0.25, 0.3) is 5.57 Å². The summed E-state index contributed by atoms with van der Waals surface area (Å²) in [5, 5.41) is 3.04. The fraction of sp³-hybridized carbons (Fsp3) is 0.207. The van der Waals surface area contributed by atoms with Crippen molar-refractivity contribution in [2.75, 3.05) is 10.2 Å². The smallest absolute Gasteiger partial charge is 0.238 e. The zero-order valence-corrected chi connectivity index (χ0v) is 19.0. The van der Waals surface area contributed by atoms with Crippen molar-refractivity contribution in [3.63, 3.8) is 0 Å². The van der Waals surface area contributed by atoms with Gasteiger partial charge < -0.3 is 10.2 Å². The largest absolute Gasteiger partial charge is 0.352 e. The molecule has 0 unspecified atom stereocenters. The van der Waals surface area contributed by atoms with E-state index in [1.807, 2.05) is 78.6 Å². The molecule has 0 bridgehead atoms. The molecule has 3 heterocycles. The quantitative estimate of drug-likeness (QED) is 0.593. The fourth-order valence-electron chi connectivity index (χ4n) is 6.32. The van der Waals surface area contributed by atoms with Crippen LogP contribution in [-0.4, -0.2) is 29.6 Å².